The summed E-state index contributed by atoms with van der Waals surface area (Å²) in [4.78, 5) is 9.95. The highest BCUT2D eigenvalue weighted by Crippen LogP contribution is 2.21. The van der Waals surface area contributed by atoms with E-state index in [0.29, 0.717) is 11.3 Å². The maximum absolute atomic E-state index is 10.5. The van der Waals surface area contributed by atoms with E-state index >= 15 is 0 Å². The number of aliphatic hydroxyl groups excluding tert-OH is 1. The van der Waals surface area contributed by atoms with Gasteiger partial charge >= 0.3 is 0 Å². The Morgan fingerprint density at radius 1 is 1.40 bits per heavy atom. The lowest BCUT2D eigenvalue weighted by Crippen LogP contribution is -2.23. The number of methoxy groups -OCH3 is 1. The van der Waals surface area contributed by atoms with Crippen LogP contribution in [0.2, 0.25) is 0 Å². The lowest BCUT2D eigenvalue weighted by molar-refractivity contribution is -0.531. The first-order valence-electron chi connectivity index (χ1n) is 4.51. The van der Waals surface area contributed by atoms with Crippen LogP contribution in [0.3, 0.4) is 0 Å². The van der Waals surface area contributed by atoms with Crippen LogP contribution < -0.4 is 4.74 Å². The molecular weight excluding hydrogens is 198 g/mol. The Morgan fingerprint density at radius 2 is 1.93 bits per heavy atom. The largest absolute Gasteiger partial charge is 0.497 e. The van der Waals surface area contributed by atoms with Crippen molar-refractivity contribution in [3.63, 3.8) is 0 Å². The van der Waals surface area contributed by atoms with Crippen molar-refractivity contribution >= 4 is 0 Å². The van der Waals surface area contributed by atoms with Gasteiger partial charge in [-0.1, -0.05) is 12.1 Å². The number of hydrogen-bond acceptors (Lipinski definition) is 4. The SMILES string of the molecule is COc1ccc([C@@H](O)[C@@H](C)[N+](=O)[O-])cc1. The summed E-state index contributed by atoms with van der Waals surface area (Å²) < 4.78 is 4.94. The molecule has 0 aromatic heterocycles. The van der Waals surface area contributed by atoms with Gasteiger partial charge in [-0.3, -0.25) is 10.1 Å². The van der Waals surface area contributed by atoms with E-state index in [0.717, 1.165) is 0 Å². The van der Waals surface area contributed by atoms with Crippen molar-refractivity contribution < 1.29 is 14.8 Å². The van der Waals surface area contributed by atoms with Crippen LogP contribution in [0.5, 0.6) is 5.75 Å². The van der Waals surface area contributed by atoms with Gasteiger partial charge in [0, 0.05) is 11.8 Å². The van der Waals surface area contributed by atoms with Gasteiger partial charge in [-0.25, -0.2) is 0 Å². The summed E-state index contributed by atoms with van der Waals surface area (Å²) >= 11 is 0. The minimum absolute atomic E-state index is 0.505. The van der Waals surface area contributed by atoms with Crippen molar-refractivity contribution in [1.82, 2.24) is 0 Å². The van der Waals surface area contributed by atoms with Gasteiger partial charge in [0.15, 0.2) is 0 Å². The first kappa shape index (κ1) is 11.5. The number of aliphatic hydroxyl groups is 1. The van der Waals surface area contributed by atoms with Crippen LogP contribution >= 0.6 is 0 Å². The van der Waals surface area contributed by atoms with Crippen molar-refractivity contribution in [3.05, 3.63) is 39.9 Å². The van der Waals surface area contributed by atoms with Gasteiger partial charge in [-0.05, 0) is 17.7 Å². The van der Waals surface area contributed by atoms with Crippen molar-refractivity contribution in [3.8, 4) is 5.75 Å². The van der Waals surface area contributed by atoms with Crippen molar-refractivity contribution in [2.75, 3.05) is 7.11 Å². The molecule has 1 rings (SSSR count). The van der Waals surface area contributed by atoms with Crippen LogP contribution in [0, 0.1) is 10.1 Å². The topological polar surface area (TPSA) is 72.6 Å². The van der Waals surface area contributed by atoms with E-state index in [1.54, 1.807) is 24.3 Å². The standard InChI is InChI=1S/C10H13NO4/c1-7(11(13)14)10(12)8-3-5-9(15-2)6-4-8/h3-7,10,12H,1-2H3/t7-,10+/m1/s1. The molecule has 0 aliphatic carbocycles. The average Bonchev–Trinajstić information content (AvgIpc) is 2.27. The molecule has 0 radical (unpaired) electrons. The summed E-state index contributed by atoms with van der Waals surface area (Å²) in [5.74, 6) is 0.653. The summed E-state index contributed by atoms with van der Waals surface area (Å²) in [6.45, 7) is 1.37. The molecule has 0 bridgehead atoms. The molecule has 0 aliphatic rings. The predicted octanol–water partition coefficient (Wildman–Crippen LogP) is 1.39. The maximum atomic E-state index is 10.5. The first-order valence-corrected chi connectivity index (χ1v) is 4.51. The molecule has 1 aromatic rings. The Hall–Kier alpha value is -1.62. The van der Waals surface area contributed by atoms with Crippen LogP contribution in [0.15, 0.2) is 24.3 Å². The molecule has 0 saturated carbocycles. The van der Waals surface area contributed by atoms with Gasteiger partial charge < -0.3 is 9.84 Å². The zero-order valence-electron chi connectivity index (χ0n) is 8.58. The van der Waals surface area contributed by atoms with E-state index in [2.05, 4.69) is 0 Å². The molecule has 0 amide bonds. The molecule has 0 heterocycles. The number of nitrogens with zero attached hydrogens (tertiary/aromatic N) is 1. The van der Waals surface area contributed by atoms with Crippen LogP contribution in [0.4, 0.5) is 0 Å². The lowest BCUT2D eigenvalue weighted by atomic mass is 10.0. The Kier molecular flexibility index (Phi) is 3.62. The molecule has 5 nitrogen and oxygen atoms in total. The molecule has 0 unspecified atom stereocenters. The van der Waals surface area contributed by atoms with Crippen molar-refractivity contribution in [2.24, 2.45) is 0 Å². The molecule has 5 heteroatoms. The zero-order valence-corrected chi connectivity index (χ0v) is 8.58. The van der Waals surface area contributed by atoms with E-state index in [1.807, 2.05) is 0 Å². The second kappa shape index (κ2) is 4.75. The third-order valence-electron chi connectivity index (χ3n) is 2.25. The van der Waals surface area contributed by atoms with E-state index in [9.17, 15) is 15.2 Å². The van der Waals surface area contributed by atoms with Crippen molar-refractivity contribution in [1.29, 1.82) is 0 Å². The number of ether oxygens (including phenoxy) is 1. The minimum Gasteiger partial charge on any atom is -0.497 e. The fourth-order valence-electron chi connectivity index (χ4n) is 1.19. The van der Waals surface area contributed by atoms with Gasteiger partial charge in [-0.2, -0.15) is 0 Å². The normalized spacial score (nSPS) is 14.3. The highest BCUT2D eigenvalue weighted by molar-refractivity contribution is 5.28. The molecule has 0 spiro atoms. The van der Waals surface area contributed by atoms with Gasteiger partial charge in [0.2, 0.25) is 6.04 Å². The molecular formula is C10H13NO4. The zero-order chi connectivity index (χ0) is 11.4. The molecule has 0 fully saturated rings. The first-order chi connectivity index (χ1) is 7.06. The van der Waals surface area contributed by atoms with Gasteiger partial charge in [0.25, 0.3) is 0 Å². The second-order valence-corrected chi connectivity index (χ2v) is 3.24. The van der Waals surface area contributed by atoms with E-state index in [-0.39, 0.29) is 0 Å². The van der Waals surface area contributed by atoms with Crippen LogP contribution in [-0.4, -0.2) is 23.2 Å². The molecule has 1 aromatic carbocycles. The monoisotopic (exact) mass is 211 g/mol. The van der Waals surface area contributed by atoms with E-state index < -0.39 is 17.1 Å². The third kappa shape index (κ3) is 2.66. The molecule has 2 atom stereocenters. The number of hydrogen-bond donors (Lipinski definition) is 1. The summed E-state index contributed by atoms with van der Waals surface area (Å²) in [6.07, 6.45) is -1.09. The van der Waals surface area contributed by atoms with Crippen LogP contribution in [0.1, 0.15) is 18.6 Å². The number of rotatable bonds is 4. The summed E-state index contributed by atoms with van der Waals surface area (Å²) in [5, 5.41) is 20.1. The van der Waals surface area contributed by atoms with Gasteiger partial charge in [0.05, 0.1) is 7.11 Å². The van der Waals surface area contributed by atoms with E-state index in [4.69, 9.17) is 4.74 Å². The molecule has 82 valence electrons. The Bertz CT molecular complexity index is 336. The molecule has 0 aliphatic heterocycles. The number of benzene rings is 1. The average molecular weight is 211 g/mol. The molecule has 0 saturated heterocycles. The smallest absolute Gasteiger partial charge is 0.239 e. The van der Waals surface area contributed by atoms with Gasteiger partial charge in [0.1, 0.15) is 11.9 Å². The quantitative estimate of drug-likeness (QED) is 0.603. The Labute approximate surface area is 87.5 Å². The highest BCUT2D eigenvalue weighted by atomic mass is 16.6. The van der Waals surface area contributed by atoms with E-state index in [1.165, 1.54) is 14.0 Å². The van der Waals surface area contributed by atoms with Gasteiger partial charge in [-0.15, -0.1) is 0 Å². The molecule has 1 N–H and O–H groups in total. The highest BCUT2D eigenvalue weighted by Gasteiger charge is 2.25. The summed E-state index contributed by atoms with van der Waals surface area (Å²) in [6, 6.07) is 5.53. The third-order valence-corrected chi connectivity index (χ3v) is 2.25. The fourth-order valence-corrected chi connectivity index (χ4v) is 1.19. The maximum Gasteiger partial charge on any atom is 0.239 e. The minimum atomic E-state index is -1.09. The summed E-state index contributed by atoms with van der Waals surface area (Å²) in [7, 11) is 1.53. The van der Waals surface area contributed by atoms with Crippen molar-refractivity contribution in [2.45, 2.75) is 19.1 Å². The van der Waals surface area contributed by atoms with Crippen LogP contribution in [-0.2, 0) is 0 Å². The Morgan fingerprint density at radius 3 is 2.33 bits per heavy atom. The Balaban J connectivity index is 2.82. The molecule has 15 heavy (non-hydrogen) atoms. The fraction of sp³-hybridized carbons (Fsp3) is 0.400. The summed E-state index contributed by atoms with van der Waals surface area (Å²) in [5.41, 5.74) is 0.514. The van der Waals surface area contributed by atoms with Crippen LogP contribution in [0.25, 0.3) is 0 Å². The number of nitro groups is 1. The lowest BCUT2D eigenvalue weighted by Gasteiger charge is -2.12. The predicted molar refractivity (Wildman–Crippen MR) is 54.4 cm³/mol. The second-order valence-electron chi connectivity index (χ2n) is 3.24.